The highest BCUT2D eigenvalue weighted by Gasteiger charge is 2.32. The van der Waals surface area contributed by atoms with Crippen LogP contribution in [-0.2, 0) is 14.9 Å². The van der Waals surface area contributed by atoms with E-state index in [0.29, 0.717) is 31.0 Å². The number of likely N-dealkylation sites (N-methyl/N-ethyl adjacent to an activating group) is 1. The molecule has 1 saturated heterocycles. The maximum absolute atomic E-state index is 14.9. The molecule has 38 heavy (non-hydrogen) atoms. The number of carbonyl (C=O) groups is 1. The van der Waals surface area contributed by atoms with E-state index >= 15 is 0 Å². The molecule has 1 amide bonds. The molecular formula is C25H32F2N4O6S. The minimum atomic E-state index is -4.21. The molecule has 208 valence electrons. The third-order valence-electron chi connectivity index (χ3n) is 6.73. The van der Waals surface area contributed by atoms with E-state index in [1.807, 2.05) is 16.7 Å². The van der Waals surface area contributed by atoms with Gasteiger partial charge in [-0.15, -0.1) is 0 Å². The van der Waals surface area contributed by atoms with E-state index in [-0.39, 0.29) is 25.3 Å². The van der Waals surface area contributed by atoms with E-state index in [9.17, 15) is 22.0 Å². The van der Waals surface area contributed by atoms with Gasteiger partial charge in [-0.3, -0.25) is 9.78 Å². The number of carbonyl (C=O) groups excluding carboxylic acids is 1. The Morgan fingerprint density at radius 3 is 2.50 bits per heavy atom. The van der Waals surface area contributed by atoms with Crippen molar-refractivity contribution in [3.05, 3.63) is 53.4 Å². The lowest BCUT2D eigenvalue weighted by Crippen LogP contribution is -2.52. The van der Waals surface area contributed by atoms with Crippen LogP contribution in [0.4, 0.5) is 8.78 Å². The highest BCUT2D eigenvalue weighted by Crippen LogP contribution is 2.32. The Morgan fingerprint density at radius 1 is 1.13 bits per heavy atom. The number of piperazine rings is 1. The topological polar surface area (TPSA) is 110 Å². The van der Waals surface area contributed by atoms with Crippen LogP contribution in [0.3, 0.4) is 0 Å². The van der Waals surface area contributed by atoms with Crippen molar-refractivity contribution >= 4 is 16.1 Å². The van der Waals surface area contributed by atoms with Crippen LogP contribution in [0.15, 0.2) is 30.5 Å². The maximum atomic E-state index is 14.9. The van der Waals surface area contributed by atoms with Crippen LogP contribution >= 0.6 is 0 Å². The fourth-order valence-corrected chi connectivity index (χ4v) is 5.36. The van der Waals surface area contributed by atoms with Crippen LogP contribution < -0.4 is 14.2 Å². The number of halogens is 2. The molecule has 1 saturated carbocycles. The van der Waals surface area contributed by atoms with Crippen LogP contribution in [0, 0.1) is 11.6 Å². The fraction of sp³-hybridized carbons (Fsp3) is 0.520. The molecule has 1 aromatic heterocycles. The number of amides is 1. The fourth-order valence-electron chi connectivity index (χ4n) is 4.25. The van der Waals surface area contributed by atoms with Crippen LogP contribution in [0.25, 0.3) is 0 Å². The highest BCUT2D eigenvalue weighted by molar-refractivity contribution is 7.87. The predicted molar refractivity (Wildman–Crippen MR) is 134 cm³/mol. The van der Waals surface area contributed by atoms with Crippen molar-refractivity contribution in [2.45, 2.75) is 44.5 Å². The third-order valence-corrected chi connectivity index (χ3v) is 8.21. The average molecular weight is 555 g/mol. The molecule has 1 N–H and O–H groups in total. The average Bonchev–Trinajstić information content (AvgIpc) is 2.87. The predicted octanol–water partition coefficient (Wildman–Crippen LogP) is 2.67. The monoisotopic (exact) mass is 554 g/mol. The molecule has 0 radical (unpaired) electrons. The van der Waals surface area contributed by atoms with Crippen molar-refractivity contribution in [1.29, 1.82) is 0 Å². The minimum absolute atomic E-state index is 0.0292. The van der Waals surface area contributed by atoms with Gasteiger partial charge in [0.2, 0.25) is 5.82 Å². The largest absolute Gasteiger partial charge is 0.490 e. The quantitative estimate of drug-likeness (QED) is 0.478. The van der Waals surface area contributed by atoms with Crippen molar-refractivity contribution in [2.75, 3.05) is 40.3 Å². The molecule has 13 heteroatoms. The van der Waals surface area contributed by atoms with Crippen molar-refractivity contribution in [3.8, 4) is 11.5 Å². The van der Waals surface area contributed by atoms with Gasteiger partial charge in [0.15, 0.2) is 11.6 Å². The molecule has 1 atom stereocenters. The summed E-state index contributed by atoms with van der Waals surface area (Å²) in [5, 5.41) is 0. The Kier molecular flexibility index (Phi) is 8.81. The van der Waals surface area contributed by atoms with Crippen LogP contribution in [0.1, 0.15) is 48.3 Å². The molecule has 0 unspecified atom stereocenters. The van der Waals surface area contributed by atoms with Crippen molar-refractivity contribution in [2.24, 2.45) is 0 Å². The molecule has 2 aliphatic rings. The number of nitrogens with zero attached hydrogens (tertiary/aromatic N) is 3. The second-order valence-electron chi connectivity index (χ2n) is 9.38. The zero-order valence-electron chi connectivity index (χ0n) is 21.5. The molecule has 4 rings (SSSR count). The Labute approximate surface area is 221 Å². The number of hydrogen-bond acceptors (Lipinski definition) is 8. The van der Waals surface area contributed by atoms with E-state index < -0.39 is 45.2 Å². The van der Waals surface area contributed by atoms with Gasteiger partial charge in [-0.05, 0) is 31.7 Å². The summed E-state index contributed by atoms with van der Waals surface area (Å²) in [4.78, 5) is 18.8. The highest BCUT2D eigenvalue weighted by atomic mass is 32.2. The van der Waals surface area contributed by atoms with Gasteiger partial charge in [-0.25, -0.2) is 9.11 Å². The number of aromatic nitrogens is 1. The van der Waals surface area contributed by atoms with Crippen molar-refractivity contribution < 1.29 is 36.2 Å². The van der Waals surface area contributed by atoms with Crippen LogP contribution in [0.5, 0.6) is 11.5 Å². The summed E-state index contributed by atoms with van der Waals surface area (Å²) in [6, 6.07) is 5.48. The summed E-state index contributed by atoms with van der Waals surface area (Å²) >= 11 is 0. The van der Waals surface area contributed by atoms with Crippen molar-refractivity contribution in [3.63, 3.8) is 0 Å². The summed E-state index contributed by atoms with van der Waals surface area (Å²) in [6.45, 7) is 3.13. The number of nitrogens with one attached hydrogen (secondary N) is 1. The van der Waals surface area contributed by atoms with Gasteiger partial charge < -0.3 is 19.1 Å². The lowest BCUT2D eigenvalue weighted by Gasteiger charge is -2.34. The number of hydrogen-bond donors (Lipinski definition) is 1. The molecular weight excluding hydrogens is 522 g/mol. The van der Waals surface area contributed by atoms with Gasteiger partial charge in [0.25, 0.3) is 5.91 Å². The molecule has 0 spiro atoms. The van der Waals surface area contributed by atoms with Gasteiger partial charge in [-0.1, -0.05) is 6.92 Å². The first-order valence-electron chi connectivity index (χ1n) is 12.4. The number of rotatable bonds is 10. The van der Waals surface area contributed by atoms with E-state index in [4.69, 9.17) is 14.2 Å². The molecule has 1 aliphatic carbocycles. The standard InChI is InChI=1S/C25H32F2N4O6S/c1-4-21(20-15-16(7-8-28-20)36-18-13-17(14-18)35-3)37-22-6-5-19(23(26)24(22)27)25(32)29-38(33,34)31-11-9-30(2)10-12-31/h5-8,15,17-18,21H,4,9-14H2,1-3H3,(H,29,32)/t17?,18?,21-/m1/s1. The Bertz CT molecular complexity index is 1250. The SMILES string of the molecule is CC[C@@H](Oc1ccc(C(=O)NS(=O)(=O)N2CCN(C)CC2)c(F)c1F)c1cc(OC2CC(OC)C2)ccn1. The second kappa shape index (κ2) is 11.9. The smallest absolute Gasteiger partial charge is 0.304 e. The lowest BCUT2D eigenvalue weighted by molar-refractivity contribution is -0.0382. The number of ether oxygens (including phenoxy) is 3. The second-order valence-corrected chi connectivity index (χ2v) is 11.0. The van der Waals surface area contributed by atoms with Gasteiger partial charge >= 0.3 is 10.2 Å². The van der Waals surface area contributed by atoms with E-state index in [1.165, 1.54) is 0 Å². The first-order valence-corrected chi connectivity index (χ1v) is 13.9. The molecule has 0 bridgehead atoms. The van der Waals surface area contributed by atoms with E-state index in [2.05, 4.69) is 4.98 Å². The summed E-state index contributed by atoms with van der Waals surface area (Å²) in [7, 11) is -0.702. The molecule has 2 aromatic rings. The molecule has 1 aliphatic heterocycles. The van der Waals surface area contributed by atoms with E-state index in [0.717, 1.165) is 29.3 Å². The minimum Gasteiger partial charge on any atom is -0.490 e. The Balaban J connectivity index is 1.44. The van der Waals surface area contributed by atoms with Crippen LogP contribution in [0.2, 0.25) is 0 Å². The summed E-state index contributed by atoms with van der Waals surface area (Å²) in [5.74, 6) is -4.02. The summed E-state index contributed by atoms with van der Waals surface area (Å²) in [5.41, 5.74) is -0.281. The summed E-state index contributed by atoms with van der Waals surface area (Å²) < 4.78 is 74.7. The van der Waals surface area contributed by atoms with Gasteiger partial charge in [-0.2, -0.15) is 17.1 Å². The third kappa shape index (κ3) is 6.40. The van der Waals surface area contributed by atoms with Crippen molar-refractivity contribution in [1.82, 2.24) is 18.9 Å². The number of pyridine rings is 1. The Hall–Kier alpha value is -2.87. The van der Waals surface area contributed by atoms with Gasteiger partial charge in [0.1, 0.15) is 18.0 Å². The van der Waals surface area contributed by atoms with Gasteiger partial charge in [0, 0.05) is 58.4 Å². The first kappa shape index (κ1) is 28.1. The summed E-state index contributed by atoms with van der Waals surface area (Å²) in [6.07, 6.45) is 2.99. The maximum Gasteiger partial charge on any atom is 0.304 e. The number of methoxy groups -OCH3 is 1. The van der Waals surface area contributed by atoms with Gasteiger partial charge in [0.05, 0.1) is 17.4 Å². The molecule has 2 heterocycles. The molecule has 1 aromatic carbocycles. The molecule has 2 fully saturated rings. The zero-order chi connectivity index (χ0) is 27.4. The normalized spacial score (nSPS) is 21.4. The zero-order valence-corrected chi connectivity index (χ0v) is 22.3. The lowest BCUT2D eigenvalue weighted by atomic mass is 9.92. The first-order chi connectivity index (χ1) is 18.1. The van der Waals surface area contributed by atoms with E-state index in [1.54, 1.807) is 32.4 Å². The Morgan fingerprint density at radius 2 is 1.84 bits per heavy atom. The van der Waals surface area contributed by atoms with Crippen LogP contribution in [-0.4, -0.2) is 81.1 Å². The molecule has 10 nitrogen and oxygen atoms in total. The number of benzene rings is 1.